The number of likely N-dealkylation sites (tertiary alicyclic amines) is 1. The predicted octanol–water partition coefficient (Wildman–Crippen LogP) is 3.59. The van der Waals surface area contributed by atoms with E-state index >= 15 is 0 Å². The van der Waals surface area contributed by atoms with Gasteiger partial charge in [0.2, 0.25) is 5.91 Å². The molecule has 0 radical (unpaired) electrons. The van der Waals surface area contributed by atoms with Crippen molar-refractivity contribution in [3.8, 4) is 0 Å². The molecule has 5 atom stereocenters. The van der Waals surface area contributed by atoms with Crippen molar-refractivity contribution in [3.05, 3.63) is 35.5 Å². The molecule has 3 N–H and O–H groups in total. The van der Waals surface area contributed by atoms with Crippen LogP contribution in [0.3, 0.4) is 0 Å². The number of carbonyl (C=O) groups excluding carboxylic acids is 1. The fourth-order valence-corrected chi connectivity index (χ4v) is 7.00. The number of piperidine rings is 1. The van der Waals surface area contributed by atoms with Crippen LogP contribution in [0, 0.1) is 11.3 Å². The molecule has 3 aliphatic rings. The molecule has 2 fully saturated rings. The quantitative estimate of drug-likeness (QED) is 0.814. The van der Waals surface area contributed by atoms with E-state index in [4.69, 9.17) is 5.73 Å². The van der Waals surface area contributed by atoms with Gasteiger partial charge in [0.05, 0.1) is 11.5 Å². The standard InChI is InChI=1S/C25H35N3O2/c1-15(2)28-13-16-11-21-18(17-7-6-9-20(28)23(16)17)12-25(24(26)30,14-27(21)3)19-8-4-5-10-22(19)29/h6-7,9,13,15,18-19,21-22,29H,4-5,8,10-12,14H2,1-3H3,(H2,26,30)/t18-,19?,21-,22?,25?/m0/s1. The van der Waals surface area contributed by atoms with Crippen molar-refractivity contribution >= 4 is 16.8 Å². The van der Waals surface area contributed by atoms with Crippen molar-refractivity contribution in [2.75, 3.05) is 13.6 Å². The van der Waals surface area contributed by atoms with Gasteiger partial charge in [0, 0.05) is 47.6 Å². The van der Waals surface area contributed by atoms with Crippen LogP contribution in [0.1, 0.15) is 69.0 Å². The van der Waals surface area contributed by atoms with Gasteiger partial charge in [-0.1, -0.05) is 25.0 Å². The summed E-state index contributed by atoms with van der Waals surface area (Å²) in [6, 6.07) is 7.44. The molecule has 2 heterocycles. The number of primary amides is 1. The zero-order valence-electron chi connectivity index (χ0n) is 18.5. The Hall–Kier alpha value is -1.85. The lowest BCUT2D eigenvalue weighted by Gasteiger charge is -2.54. The van der Waals surface area contributed by atoms with Crippen molar-refractivity contribution in [1.29, 1.82) is 0 Å². The van der Waals surface area contributed by atoms with Crippen molar-refractivity contribution < 1.29 is 9.90 Å². The highest BCUT2D eigenvalue weighted by Crippen LogP contribution is 2.53. The number of carbonyl (C=O) groups is 1. The number of nitrogens with two attached hydrogens (primary N) is 1. The molecule has 3 unspecified atom stereocenters. The zero-order chi connectivity index (χ0) is 21.2. The highest BCUT2D eigenvalue weighted by molar-refractivity contribution is 5.90. The Kier molecular flexibility index (Phi) is 4.75. The van der Waals surface area contributed by atoms with E-state index in [0.29, 0.717) is 18.6 Å². The van der Waals surface area contributed by atoms with Crippen molar-refractivity contribution in [2.45, 2.75) is 76.5 Å². The maximum atomic E-state index is 13.0. The largest absolute Gasteiger partial charge is 0.393 e. The smallest absolute Gasteiger partial charge is 0.225 e. The topological polar surface area (TPSA) is 71.5 Å². The summed E-state index contributed by atoms with van der Waals surface area (Å²) < 4.78 is 2.39. The number of hydrogen-bond acceptors (Lipinski definition) is 3. The van der Waals surface area contributed by atoms with Crippen molar-refractivity contribution in [3.63, 3.8) is 0 Å². The SMILES string of the molecule is CC(C)n1cc2c3c(cccc31)[C@@H]1CC(C(N)=O)(C3CCCCC3O)CN(C)[C@H]1C2. The van der Waals surface area contributed by atoms with Gasteiger partial charge in [-0.15, -0.1) is 0 Å². The lowest BCUT2D eigenvalue weighted by Crippen LogP contribution is -2.61. The number of rotatable bonds is 3. The number of aromatic nitrogens is 1. The first-order valence-electron chi connectivity index (χ1n) is 11.6. The first-order valence-corrected chi connectivity index (χ1v) is 11.6. The minimum Gasteiger partial charge on any atom is -0.393 e. The Morgan fingerprint density at radius 1 is 1.27 bits per heavy atom. The first-order chi connectivity index (χ1) is 14.3. The Labute approximate surface area is 179 Å². The van der Waals surface area contributed by atoms with Crippen molar-refractivity contribution in [1.82, 2.24) is 9.47 Å². The lowest BCUT2D eigenvalue weighted by atomic mass is 9.58. The second kappa shape index (κ2) is 7.10. The molecule has 1 aromatic heterocycles. The number of likely N-dealkylation sites (N-methyl/N-ethyl adjacent to an activating group) is 1. The average Bonchev–Trinajstić information content (AvgIpc) is 3.09. The van der Waals surface area contributed by atoms with Crippen molar-refractivity contribution in [2.24, 2.45) is 17.1 Å². The third-order valence-electron chi connectivity index (χ3n) is 8.43. The molecule has 1 saturated heterocycles. The van der Waals surface area contributed by atoms with Gasteiger partial charge in [0.25, 0.3) is 0 Å². The average molecular weight is 410 g/mol. The van der Waals surface area contributed by atoms with Gasteiger partial charge in [-0.05, 0) is 63.8 Å². The molecule has 5 rings (SSSR count). The van der Waals surface area contributed by atoms with E-state index < -0.39 is 11.5 Å². The summed E-state index contributed by atoms with van der Waals surface area (Å²) in [6.45, 7) is 5.12. The van der Waals surface area contributed by atoms with Crippen LogP contribution in [-0.4, -0.2) is 46.2 Å². The summed E-state index contributed by atoms with van der Waals surface area (Å²) in [5.74, 6) is 0.00840. The molecular formula is C25H35N3O2. The van der Waals surface area contributed by atoms with Crippen LogP contribution in [-0.2, 0) is 11.2 Å². The van der Waals surface area contributed by atoms with Gasteiger partial charge in [-0.2, -0.15) is 0 Å². The number of hydrogen-bond donors (Lipinski definition) is 2. The molecule has 2 aliphatic carbocycles. The first kappa shape index (κ1) is 20.1. The van der Waals surface area contributed by atoms with Gasteiger partial charge < -0.3 is 20.3 Å². The third kappa shape index (κ3) is 2.78. The number of benzene rings is 1. The van der Waals surface area contributed by atoms with Gasteiger partial charge in [0.15, 0.2) is 0 Å². The summed E-state index contributed by atoms with van der Waals surface area (Å²) in [6.07, 6.45) is 7.48. The van der Waals surface area contributed by atoms with E-state index in [1.54, 1.807) is 0 Å². The molecule has 2 aromatic rings. The molecular weight excluding hydrogens is 374 g/mol. The number of fused-ring (bicyclic) bond motifs is 2. The van der Waals surface area contributed by atoms with Gasteiger partial charge >= 0.3 is 0 Å². The van der Waals surface area contributed by atoms with Gasteiger partial charge in [-0.3, -0.25) is 4.79 Å². The third-order valence-corrected chi connectivity index (χ3v) is 8.43. The van der Waals surface area contributed by atoms with E-state index in [1.165, 1.54) is 22.0 Å². The second-order valence-corrected chi connectivity index (χ2v) is 10.4. The van der Waals surface area contributed by atoms with Crippen LogP contribution in [0.25, 0.3) is 10.9 Å². The molecule has 5 nitrogen and oxygen atoms in total. The predicted molar refractivity (Wildman–Crippen MR) is 119 cm³/mol. The van der Waals surface area contributed by atoms with Gasteiger partial charge in [0.1, 0.15) is 0 Å². The van der Waals surface area contributed by atoms with Crippen LogP contribution >= 0.6 is 0 Å². The highest BCUT2D eigenvalue weighted by atomic mass is 16.3. The zero-order valence-corrected chi connectivity index (χ0v) is 18.5. The van der Waals surface area contributed by atoms with Crippen LogP contribution < -0.4 is 5.73 Å². The fraction of sp³-hybridized carbons (Fsp3) is 0.640. The number of aliphatic hydroxyl groups is 1. The number of nitrogens with zero attached hydrogens (tertiary/aromatic N) is 2. The lowest BCUT2D eigenvalue weighted by molar-refractivity contribution is -0.144. The summed E-state index contributed by atoms with van der Waals surface area (Å²) in [5.41, 5.74) is 9.56. The van der Waals surface area contributed by atoms with Gasteiger partial charge in [-0.25, -0.2) is 0 Å². The Morgan fingerprint density at radius 2 is 2.03 bits per heavy atom. The Balaban J connectivity index is 1.63. The molecule has 1 saturated carbocycles. The fourth-order valence-electron chi connectivity index (χ4n) is 7.00. The molecule has 5 heteroatoms. The van der Waals surface area contributed by atoms with Crippen LogP contribution in [0.5, 0.6) is 0 Å². The number of amides is 1. The Morgan fingerprint density at radius 3 is 2.73 bits per heavy atom. The summed E-state index contributed by atoms with van der Waals surface area (Å²) >= 11 is 0. The molecule has 0 bridgehead atoms. The van der Waals surface area contributed by atoms with Crippen LogP contribution in [0.2, 0.25) is 0 Å². The highest BCUT2D eigenvalue weighted by Gasteiger charge is 2.55. The molecule has 1 aliphatic heterocycles. The second-order valence-electron chi connectivity index (χ2n) is 10.4. The normalized spacial score (nSPS) is 34.3. The van der Waals surface area contributed by atoms with E-state index in [9.17, 15) is 9.90 Å². The molecule has 1 aromatic carbocycles. The van der Waals surface area contributed by atoms with E-state index in [2.05, 4.69) is 54.8 Å². The van der Waals surface area contributed by atoms with E-state index in [1.807, 2.05) is 0 Å². The molecule has 0 spiro atoms. The summed E-state index contributed by atoms with van der Waals surface area (Å²) in [4.78, 5) is 15.4. The molecule has 30 heavy (non-hydrogen) atoms. The van der Waals surface area contributed by atoms with E-state index in [0.717, 1.165) is 38.5 Å². The number of aliphatic hydroxyl groups excluding tert-OH is 1. The maximum Gasteiger partial charge on any atom is 0.225 e. The molecule has 162 valence electrons. The van der Waals surface area contributed by atoms with Crippen LogP contribution in [0.4, 0.5) is 0 Å². The van der Waals surface area contributed by atoms with Crippen LogP contribution in [0.15, 0.2) is 24.4 Å². The minimum atomic E-state index is -0.657. The summed E-state index contributed by atoms with van der Waals surface area (Å²) in [7, 11) is 2.15. The minimum absolute atomic E-state index is 0.0342. The monoisotopic (exact) mass is 409 g/mol. The molecule has 1 amide bonds. The Bertz CT molecular complexity index is 980. The summed E-state index contributed by atoms with van der Waals surface area (Å²) in [5, 5.41) is 12.2. The van der Waals surface area contributed by atoms with E-state index in [-0.39, 0.29) is 17.7 Å². The maximum absolute atomic E-state index is 13.0.